The lowest BCUT2D eigenvalue weighted by atomic mass is 10.4. The fourth-order valence-electron chi connectivity index (χ4n) is 1.25. The maximum Gasteiger partial charge on any atom is 0.200 e. The first-order valence-electron chi connectivity index (χ1n) is 4.69. The summed E-state index contributed by atoms with van der Waals surface area (Å²) in [5.41, 5.74) is 6.37. The highest BCUT2D eigenvalue weighted by atomic mass is 16.5. The molecule has 2 N–H and O–H groups in total. The molecule has 0 bridgehead atoms. The largest absolute Gasteiger partial charge is 0.384 e. The monoisotopic (exact) mass is 217 g/mol. The third-order valence-corrected chi connectivity index (χ3v) is 1.86. The minimum Gasteiger partial charge on any atom is -0.384 e. The molecule has 2 heterocycles. The van der Waals surface area contributed by atoms with E-state index in [9.17, 15) is 0 Å². The number of hydrogen-bond donors (Lipinski definition) is 1. The highest BCUT2D eigenvalue weighted by Gasteiger charge is 2.07. The highest BCUT2D eigenvalue weighted by Crippen LogP contribution is 2.12. The summed E-state index contributed by atoms with van der Waals surface area (Å²) < 4.78 is 4.99. The number of nitrogens with zero attached hydrogens (tertiary/aromatic N) is 4. The molecule has 2 aromatic heterocycles. The van der Waals surface area contributed by atoms with Gasteiger partial charge in [-0.3, -0.25) is 0 Å². The molecule has 6 heteroatoms. The minimum absolute atomic E-state index is 0.379. The van der Waals surface area contributed by atoms with E-state index in [-0.39, 0.29) is 0 Å². The van der Waals surface area contributed by atoms with E-state index in [0.717, 1.165) is 0 Å². The molecule has 0 saturated carbocycles. The van der Waals surface area contributed by atoms with Gasteiger partial charge in [0.05, 0.1) is 12.3 Å². The van der Waals surface area contributed by atoms with E-state index < -0.39 is 0 Å². The number of methoxy groups -OCH3 is 1. The molecule has 2 aromatic rings. The van der Waals surface area contributed by atoms with Crippen molar-refractivity contribution in [3.05, 3.63) is 30.2 Å². The van der Waals surface area contributed by atoms with Crippen molar-refractivity contribution in [1.29, 1.82) is 0 Å². The third-order valence-electron chi connectivity index (χ3n) is 1.86. The van der Waals surface area contributed by atoms with Crippen LogP contribution >= 0.6 is 0 Å². The Hall–Kier alpha value is -2.08. The van der Waals surface area contributed by atoms with Crippen molar-refractivity contribution in [3.63, 3.8) is 0 Å². The van der Waals surface area contributed by atoms with Crippen LogP contribution in [0.2, 0.25) is 0 Å². The third kappa shape index (κ3) is 2.29. The van der Waals surface area contributed by atoms with Crippen LogP contribution in [0.4, 0.5) is 5.82 Å². The summed E-state index contributed by atoms with van der Waals surface area (Å²) in [5, 5.41) is 0. The van der Waals surface area contributed by atoms with Crippen LogP contribution in [0.25, 0.3) is 11.6 Å². The van der Waals surface area contributed by atoms with Gasteiger partial charge in [-0.2, -0.15) is 0 Å². The molecule has 0 amide bonds. The van der Waals surface area contributed by atoms with E-state index in [2.05, 4.69) is 19.9 Å². The van der Waals surface area contributed by atoms with E-state index >= 15 is 0 Å². The van der Waals surface area contributed by atoms with Crippen LogP contribution in [-0.2, 0) is 11.3 Å². The Balaban J connectivity index is 2.41. The Morgan fingerprint density at radius 2 is 1.94 bits per heavy atom. The van der Waals surface area contributed by atoms with Gasteiger partial charge < -0.3 is 10.5 Å². The molecule has 16 heavy (non-hydrogen) atoms. The lowest BCUT2D eigenvalue weighted by Gasteiger charge is -2.03. The van der Waals surface area contributed by atoms with Crippen molar-refractivity contribution in [2.75, 3.05) is 12.8 Å². The van der Waals surface area contributed by atoms with Crippen molar-refractivity contribution >= 4 is 5.82 Å². The Labute approximate surface area is 92.6 Å². The Kier molecular flexibility index (Phi) is 3.02. The van der Waals surface area contributed by atoms with Crippen molar-refractivity contribution < 1.29 is 4.74 Å². The zero-order valence-electron chi connectivity index (χ0n) is 8.79. The average Bonchev–Trinajstić information content (AvgIpc) is 2.30. The fourth-order valence-corrected chi connectivity index (χ4v) is 1.25. The molecule has 0 unspecified atom stereocenters. The lowest BCUT2D eigenvalue weighted by molar-refractivity contribution is 0.181. The van der Waals surface area contributed by atoms with Gasteiger partial charge in [-0.05, 0) is 6.07 Å². The molecule has 0 aliphatic heterocycles. The zero-order chi connectivity index (χ0) is 11.4. The molecule has 0 aromatic carbocycles. The first-order chi connectivity index (χ1) is 7.79. The molecule has 0 radical (unpaired) electrons. The summed E-state index contributed by atoms with van der Waals surface area (Å²) in [6, 6.07) is 3.39. The van der Waals surface area contributed by atoms with Crippen LogP contribution in [0.5, 0.6) is 0 Å². The summed E-state index contributed by atoms with van der Waals surface area (Å²) in [7, 11) is 1.59. The molecule has 2 rings (SSSR count). The van der Waals surface area contributed by atoms with E-state index in [1.165, 1.54) is 0 Å². The van der Waals surface area contributed by atoms with Gasteiger partial charge in [0, 0.05) is 25.6 Å². The Morgan fingerprint density at radius 3 is 2.62 bits per heavy atom. The second-order valence-corrected chi connectivity index (χ2v) is 3.11. The van der Waals surface area contributed by atoms with Crippen LogP contribution in [0, 0.1) is 0 Å². The second-order valence-electron chi connectivity index (χ2n) is 3.11. The molecule has 0 fully saturated rings. The average molecular weight is 217 g/mol. The maximum absolute atomic E-state index is 5.66. The summed E-state index contributed by atoms with van der Waals surface area (Å²) in [5.74, 6) is 1.24. The van der Waals surface area contributed by atoms with E-state index in [4.69, 9.17) is 10.5 Å². The molecule has 0 atom stereocenters. The number of nitrogens with two attached hydrogens (primary N) is 1. The second kappa shape index (κ2) is 4.63. The Morgan fingerprint density at radius 1 is 1.19 bits per heavy atom. The Bertz CT molecular complexity index is 474. The summed E-state index contributed by atoms with van der Waals surface area (Å²) in [6.45, 7) is 0.382. The fraction of sp³-hybridized carbons (Fsp3) is 0.200. The number of hydrogen-bond acceptors (Lipinski definition) is 6. The van der Waals surface area contributed by atoms with Gasteiger partial charge in [0.1, 0.15) is 5.82 Å². The molecular weight excluding hydrogens is 206 g/mol. The number of aromatic nitrogens is 4. The van der Waals surface area contributed by atoms with Crippen molar-refractivity contribution in [2.24, 2.45) is 0 Å². The standard InChI is InChI=1S/C10H11N5O/c1-16-6-7-5-8(11)15-10(14-7)9-12-3-2-4-13-9/h2-5H,6H2,1H3,(H2,11,14,15). The maximum atomic E-state index is 5.66. The molecule has 0 saturated heterocycles. The van der Waals surface area contributed by atoms with Gasteiger partial charge in [-0.25, -0.2) is 19.9 Å². The van der Waals surface area contributed by atoms with Crippen molar-refractivity contribution in [2.45, 2.75) is 6.61 Å². The van der Waals surface area contributed by atoms with Crippen molar-refractivity contribution in [3.8, 4) is 11.6 Å². The van der Waals surface area contributed by atoms with Gasteiger partial charge >= 0.3 is 0 Å². The van der Waals surface area contributed by atoms with Crippen LogP contribution in [0.15, 0.2) is 24.5 Å². The normalized spacial score (nSPS) is 10.3. The van der Waals surface area contributed by atoms with Gasteiger partial charge in [-0.15, -0.1) is 0 Å². The molecule has 0 spiro atoms. The smallest absolute Gasteiger partial charge is 0.200 e. The van der Waals surface area contributed by atoms with Crippen LogP contribution in [-0.4, -0.2) is 27.0 Å². The molecule has 82 valence electrons. The van der Waals surface area contributed by atoms with Crippen LogP contribution in [0.1, 0.15) is 5.69 Å². The number of ether oxygens (including phenoxy) is 1. The van der Waals surface area contributed by atoms with Gasteiger partial charge in [0.2, 0.25) is 0 Å². The minimum atomic E-state index is 0.379. The van der Waals surface area contributed by atoms with E-state index in [0.29, 0.717) is 29.8 Å². The van der Waals surface area contributed by atoms with Gasteiger partial charge in [-0.1, -0.05) is 0 Å². The first kappa shape index (κ1) is 10.4. The SMILES string of the molecule is COCc1cc(N)nc(-c2ncccn2)n1. The van der Waals surface area contributed by atoms with Crippen LogP contribution < -0.4 is 5.73 Å². The predicted molar refractivity (Wildman–Crippen MR) is 58.2 cm³/mol. The van der Waals surface area contributed by atoms with Gasteiger partial charge in [0.25, 0.3) is 0 Å². The zero-order valence-corrected chi connectivity index (χ0v) is 8.79. The number of rotatable bonds is 3. The van der Waals surface area contributed by atoms with E-state index in [1.807, 2.05) is 0 Å². The molecule has 0 aliphatic rings. The quantitative estimate of drug-likeness (QED) is 0.812. The van der Waals surface area contributed by atoms with Gasteiger partial charge in [0.15, 0.2) is 11.6 Å². The lowest BCUT2D eigenvalue weighted by Crippen LogP contribution is -2.03. The van der Waals surface area contributed by atoms with E-state index in [1.54, 1.807) is 31.6 Å². The number of nitrogen functional groups attached to an aromatic ring is 1. The summed E-state index contributed by atoms with van der Waals surface area (Å²) in [4.78, 5) is 16.4. The van der Waals surface area contributed by atoms with Crippen molar-refractivity contribution in [1.82, 2.24) is 19.9 Å². The summed E-state index contributed by atoms with van der Waals surface area (Å²) in [6.07, 6.45) is 3.26. The molecule has 6 nitrogen and oxygen atoms in total. The predicted octanol–water partition coefficient (Wildman–Crippen LogP) is 0.662. The topological polar surface area (TPSA) is 86.8 Å². The number of anilines is 1. The molecule has 0 aliphatic carbocycles. The molecular formula is C10H11N5O. The first-order valence-corrected chi connectivity index (χ1v) is 4.69. The van der Waals surface area contributed by atoms with Crippen LogP contribution in [0.3, 0.4) is 0 Å². The summed E-state index contributed by atoms with van der Waals surface area (Å²) >= 11 is 0. The highest BCUT2D eigenvalue weighted by molar-refractivity contribution is 5.46.